The van der Waals surface area contributed by atoms with Crippen LogP contribution in [0.1, 0.15) is 76.5 Å². The molecule has 0 bridgehead atoms. The summed E-state index contributed by atoms with van der Waals surface area (Å²) in [5.74, 6) is 1.91. The minimum atomic E-state index is 0.333. The third kappa shape index (κ3) is 9.75. The lowest BCUT2D eigenvalue weighted by atomic mass is 9.78. The summed E-state index contributed by atoms with van der Waals surface area (Å²) < 4.78 is 0. The summed E-state index contributed by atoms with van der Waals surface area (Å²) >= 11 is 0. The van der Waals surface area contributed by atoms with Gasteiger partial charge in [-0.25, -0.2) is 0 Å². The van der Waals surface area contributed by atoms with E-state index in [1.165, 1.54) is 81.5 Å². The quantitative estimate of drug-likeness (QED) is 0.273. The third-order valence-electron chi connectivity index (χ3n) is 8.33. The van der Waals surface area contributed by atoms with Crippen molar-refractivity contribution in [3.63, 3.8) is 0 Å². The van der Waals surface area contributed by atoms with Crippen LogP contribution in [0.5, 0.6) is 0 Å². The average molecular weight is 516 g/mol. The molecule has 0 radical (unpaired) electrons. The van der Waals surface area contributed by atoms with Gasteiger partial charge in [0.1, 0.15) is 0 Å². The Morgan fingerprint density at radius 1 is 0.868 bits per heavy atom. The second-order valence-corrected chi connectivity index (χ2v) is 12.2. The van der Waals surface area contributed by atoms with Crippen molar-refractivity contribution in [2.24, 2.45) is 11.8 Å². The van der Waals surface area contributed by atoms with Gasteiger partial charge in [-0.1, -0.05) is 67.3 Å². The molecule has 2 heterocycles. The number of nitrogens with zero attached hydrogens (tertiary/aromatic N) is 2. The lowest BCUT2D eigenvalue weighted by molar-refractivity contribution is 0.0523. The molecule has 0 atom stereocenters. The van der Waals surface area contributed by atoms with Crippen molar-refractivity contribution in [3.8, 4) is 0 Å². The highest BCUT2D eigenvalue weighted by Gasteiger charge is 2.32. The maximum atomic E-state index is 4.28. The smallest absolute Gasteiger partial charge is 0.0340 e. The average Bonchev–Trinajstić information content (AvgIpc) is 2.92. The van der Waals surface area contributed by atoms with E-state index in [0.29, 0.717) is 5.54 Å². The summed E-state index contributed by atoms with van der Waals surface area (Å²) in [5, 5.41) is 3.56. The number of nitrogens with one attached hydrogen (secondary N) is 1. The molecule has 1 N–H and O–H groups in total. The maximum absolute atomic E-state index is 4.28. The maximum Gasteiger partial charge on any atom is 0.0340 e. The molecule has 0 amide bonds. The molecular weight excluding hydrogens is 462 g/mol. The Kier molecular flexibility index (Phi) is 12.1. The topological polar surface area (TPSA) is 18.5 Å². The molecule has 0 aliphatic carbocycles. The minimum Gasteiger partial charge on any atom is -0.385 e. The summed E-state index contributed by atoms with van der Waals surface area (Å²) in [6.07, 6.45) is 9.52. The van der Waals surface area contributed by atoms with Gasteiger partial charge in [-0.3, -0.25) is 4.90 Å². The van der Waals surface area contributed by atoms with Crippen molar-refractivity contribution in [2.45, 2.75) is 71.8 Å². The minimum absolute atomic E-state index is 0.333. The molecule has 38 heavy (non-hydrogen) atoms. The SMILES string of the molecule is C=C(NCCCN1CCC(C2CCN(C(C)(C)C)CC2)CC1)c1ccc(Cc2ccccc2)cc1.C=CC. The van der Waals surface area contributed by atoms with Gasteiger partial charge in [0, 0.05) is 17.8 Å². The van der Waals surface area contributed by atoms with Crippen LogP contribution in [0.2, 0.25) is 0 Å². The van der Waals surface area contributed by atoms with Crippen LogP contribution in [-0.2, 0) is 6.42 Å². The lowest BCUT2D eigenvalue weighted by Gasteiger charge is -2.44. The van der Waals surface area contributed by atoms with Crippen molar-refractivity contribution >= 4 is 5.70 Å². The van der Waals surface area contributed by atoms with Gasteiger partial charge in [-0.05, 0) is 127 Å². The number of hydrogen-bond donors (Lipinski definition) is 1. The van der Waals surface area contributed by atoms with Crippen LogP contribution < -0.4 is 5.32 Å². The van der Waals surface area contributed by atoms with Crippen LogP contribution in [0, 0.1) is 11.8 Å². The van der Waals surface area contributed by atoms with E-state index >= 15 is 0 Å². The van der Waals surface area contributed by atoms with Gasteiger partial charge in [0.2, 0.25) is 0 Å². The molecule has 0 unspecified atom stereocenters. The van der Waals surface area contributed by atoms with Crippen molar-refractivity contribution in [2.75, 3.05) is 39.3 Å². The van der Waals surface area contributed by atoms with E-state index in [2.05, 4.69) is 104 Å². The predicted molar refractivity (Wildman–Crippen MR) is 166 cm³/mol. The molecule has 3 nitrogen and oxygen atoms in total. The van der Waals surface area contributed by atoms with E-state index in [1.54, 1.807) is 6.08 Å². The number of likely N-dealkylation sites (tertiary alicyclic amines) is 2. The molecule has 0 saturated carbocycles. The fourth-order valence-corrected chi connectivity index (χ4v) is 5.99. The second kappa shape index (κ2) is 15.3. The zero-order valence-electron chi connectivity index (χ0n) is 24.7. The van der Waals surface area contributed by atoms with Crippen LogP contribution in [0.15, 0.2) is 73.8 Å². The monoisotopic (exact) mass is 515 g/mol. The van der Waals surface area contributed by atoms with Crippen LogP contribution in [-0.4, -0.2) is 54.6 Å². The summed E-state index contributed by atoms with van der Waals surface area (Å²) in [5.41, 5.74) is 5.26. The van der Waals surface area contributed by atoms with Crippen molar-refractivity contribution in [1.29, 1.82) is 0 Å². The molecule has 2 aliphatic rings. The van der Waals surface area contributed by atoms with Crippen molar-refractivity contribution < 1.29 is 0 Å². The third-order valence-corrected chi connectivity index (χ3v) is 8.33. The van der Waals surface area contributed by atoms with Crippen molar-refractivity contribution in [3.05, 3.63) is 90.5 Å². The molecule has 4 rings (SSSR count). The fourth-order valence-electron chi connectivity index (χ4n) is 5.99. The van der Waals surface area contributed by atoms with E-state index in [4.69, 9.17) is 0 Å². The molecule has 2 aromatic carbocycles. The van der Waals surface area contributed by atoms with Gasteiger partial charge in [0.25, 0.3) is 0 Å². The molecular formula is C35H53N3. The molecule has 3 heteroatoms. The summed E-state index contributed by atoms with van der Waals surface area (Å²) in [4.78, 5) is 5.36. The fraction of sp³-hybridized carbons (Fsp3) is 0.543. The Labute approximate surface area is 234 Å². The first-order chi connectivity index (χ1) is 18.3. The van der Waals surface area contributed by atoms with E-state index in [9.17, 15) is 0 Å². The van der Waals surface area contributed by atoms with Gasteiger partial charge in [-0.2, -0.15) is 0 Å². The molecule has 0 spiro atoms. The van der Waals surface area contributed by atoms with Crippen molar-refractivity contribution in [1.82, 2.24) is 15.1 Å². The van der Waals surface area contributed by atoms with Crippen LogP contribution in [0.3, 0.4) is 0 Å². The Bertz CT molecular complexity index is 941. The highest BCUT2D eigenvalue weighted by atomic mass is 15.2. The standard InChI is InChI=1S/C32H47N3.C3H6/c1-26(29-13-11-28(12-14-29)25-27-9-6-5-7-10-27)33-19-8-20-34-21-15-30(16-22-34)31-17-23-35(24-18-31)32(2,3)4;1-3-2/h5-7,9-14,30-31,33H,1,8,15-25H2,2-4H3;3H,1H2,2H3. The first-order valence-corrected chi connectivity index (χ1v) is 14.9. The highest BCUT2D eigenvalue weighted by molar-refractivity contribution is 5.61. The Balaban J connectivity index is 0.00000127. The number of hydrogen-bond acceptors (Lipinski definition) is 3. The summed E-state index contributed by atoms with van der Waals surface area (Å²) in [6, 6.07) is 19.5. The van der Waals surface area contributed by atoms with Gasteiger partial charge in [-0.15, -0.1) is 6.58 Å². The Hall–Kier alpha value is -2.36. The lowest BCUT2D eigenvalue weighted by Crippen LogP contribution is -2.48. The molecule has 2 fully saturated rings. The second-order valence-electron chi connectivity index (χ2n) is 12.2. The summed E-state index contributed by atoms with van der Waals surface area (Å²) in [7, 11) is 0. The number of rotatable bonds is 9. The molecule has 2 saturated heterocycles. The van der Waals surface area contributed by atoms with E-state index in [-0.39, 0.29) is 0 Å². The van der Waals surface area contributed by atoms with Crippen LogP contribution in [0.25, 0.3) is 5.70 Å². The van der Waals surface area contributed by atoms with Gasteiger partial charge in [0.05, 0.1) is 0 Å². The van der Waals surface area contributed by atoms with Gasteiger partial charge >= 0.3 is 0 Å². The Morgan fingerprint density at radius 3 is 1.95 bits per heavy atom. The normalized spacial score (nSPS) is 17.9. The van der Waals surface area contributed by atoms with E-state index in [1.807, 2.05) is 6.92 Å². The van der Waals surface area contributed by atoms with Crippen LogP contribution in [0.4, 0.5) is 0 Å². The molecule has 2 aromatic rings. The number of benzene rings is 2. The largest absolute Gasteiger partial charge is 0.385 e. The number of piperidine rings is 2. The Morgan fingerprint density at radius 2 is 1.39 bits per heavy atom. The molecule has 2 aliphatic heterocycles. The number of allylic oxidation sites excluding steroid dienone is 1. The van der Waals surface area contributed by atoms with Gasteiger partial charge in [0.15, 0.2) is 0 Å². The van der Waals surface area contributed by atoms with E-state index in [0.717, 1.165) is 30.5 Å². The van der Waals surface area contributed by atoms with Crippen LogP contribution >= 0.6 is 0 Å². The van der Waals surface area contributed by atoms with E-state index < -0.39 is 0 Å². The summed E-state index contributed by atoms with van der Waals surface area (Å²) in [6.45, 7) is 24.0. The first kappa shape index (κ1) is 30.2. The molecule has 208 valence electrons. The predicted octanol–water partition coefficient (Wildman–Crippen LogP) is 7.64. The van der Waals surface area contributed by atoms with Gasteiger partial charge < -0.3 is 10.2 Å². The zero-order valence-corrected chi connectivity index (χ0v) is 24.7. The first-order valence-electron chi connectivity index (χ1n) is 14.9. The zero-order chi connectivity index (χ0) is 27.4. The highest BCUT2D eigenvalue weighted by Crippen LogP contribution is 2.34. The molecule has 0 aromatic heterocycles.